The molecule has 5 heteroatoms. The number of rotatable bonds is 4. The SMILES string of the molecule is CCC(=O)Oc1cccc[n+]1OC(=O)c1ccccc1. The maximum Gasteiger partial charge on any atom is 0.425 e. The van der Waals surface area contributed by atoms with Crippen LogP contribution in [0.1, 0.15) is 23.7 Å². The number of ether oxygens (including phenoxy) is 1. The normalized spacial score (nSPS) is 9.85. The van der Waals surface area contributed by atoms with Crippen molar-refractivity contribution in [1.82, 2.24) is 0 Å². The molecular formula is C15H14NO4+. The summed E-state index contributed by atoms with van der Waals surface area (Å²) in [6.45, 7) is 1.69. The molecule has 0 aliphatic carbocycles. The van der Waals surface area contributed by atoms with Crippen LogP contribution in [0.15, 0.2) is 54.7 Å². The highest BCUT2D eigenvalue weighted by molar-refractivity contribution is 5.89. The highest BCUT2D eigenvalue weighted by atomic mass is 16.7. The van der Waals surface area contributed by atoms with Crippen molar-refractivity contribution in [3.63, 3.8) is 0 Å². The molecule has 0 unspecified atom stereocenters. The summed E-state index contributed by atoms with van der Waals surface area (Å²) >= 11 is 0. The smallest absolute Gasteiger partial charge is 0.368 e. The van der Waals surface area contributed by atoms with E-state index >= 15 is 0 Å². The monoisotopic (exact) mass is 272 g/mol. The topological polar surface area (TPSA) is 56.5 Å². The molecule has 0 bridgehead atoms. The average Bonchev–Trinajstić information content (AvgIpc) is 2.50. The first-order valence-electron chi connectivity index (χ1n) is 6.20. The van der Waals surface area contributed by atoms with Crippen LogP contribution in [0, 0.1) is 0 Å². The predicted molar refractivity (Wildman–Crippen MR) is 69.9 cm³/mol. The second-order valence-corrected chi connectivity index (χ2v) is 3.94. The van der Waals surface area contributed by atoms with E-state index in [9.17, 15) is 9.59 Å². The lowest BCUT2D eigenvalue weighted by Gasteiger charge is -2.01. The minimum atomic E-state index is -0.532. The summed E-state index contributed by atoms with van der Waals surface area (Å²) < 4.78 is 6.21. The van der Waals surface area contributed by atoms with Gasteiger partial charge in [0.05, 0.1) is 16.4 Å². The molecule has 0 saturated heterocycles. The van der Waals surface area contributed by atoms with Crippen LogP contribution in [-0.2, 0) is 4.79 Å². The lowest BCUT2D eigenvalue weighted by molar-refractivity contribution is -0.869. The number of carbonyl (C=O) groups is 2. The van der Waals surface area contributed by atoms with Crippen LogP contribution in [0.2, 0.25) is 0 Å². The Morgan fingerprint density at radius 3 is 2.45 bits per heavy atom. The number of aromatic nitrogens is 1. The Morgan fingerprint density at radius 1 is 1.05 bits per heavy atom. The van der Waals surface area contributed by atoms with Gasteiger partial charge in [0.15, 0.2) is 0 Å². The summed E-state index contributed by atoms with van der Waals surface area (Å²) in [4.78, 5) is 28.4. The van der Waals surface area contributed by atoms with Gasteiger partial charge in [0, 0.05) is 12.5 Å². The van der Waals surface area contributed by atoms with Crippen molar-refractivity contribution in [3.8, 4) is 5.88 Å². The molecule has 102 valence electrons. The zero-order chi connectivity index (χ0) is 14.4. The van der Waals surface area contributed by atoms with Gasteiger partial charge in [0.2, 0.25) is 6.20 Å². The first kappa shape index (κ1) is 13.7. The van der Waals surface area contributed by atoms with Gasteiger partial charge >= 0.3 is 17.8 Å². The third-order valence-corrected chi connectivity index (χ3v) is 2.49. The molecular weight excluding hydrogens is 258 g/mol. The molecule has 0 spiro atoms. The molecule has 1 aromatic carbocycles. The Balaban J connectivity index is 2.17. The van der Waals surface area contributed by atoms with Gasteiger partial charge in [0.25, 0.3) is 0 Å². The molecule has 1 heterocycles. The number of hydrogen-bond acceptors (Lipinski definition) is 4. The Morgan fingerprint density at radius 2 is 1.75 bits per heavy atom. The number of benzene rings is 1. The molecule has 0 saturated carbocycles. The van der Waals surface area contributed by atoms with Crippen LogP contribution in [0.25, 0.3) is 0 Å². The lowest BCUT2D eigenvalue weighted by Crippen LogP contribution is -2.47. The molecule has 0 amide bonds. The zero-order valence-electron chi connectivity index (χ0n) is 11.0. The second-order valence-electron chi connectivity index (χ2n) is 3.94. The fraction of sp³-hybridized carbons (Fsp3) is 0.133. The first-order chi connectivity index (χ1) is 9.70. The summed E-state index contributed by atoms with van der Waals surface area (Å²) in [6, 6.07) is 13.5. The summed E-state index contributed by atoms with van der Waals surface area (Å²) in [5, 5.41) is 0. The molecule has 0 radical (unpaired) electrons. The van der Waals surface area contributed by atoms with Gasteiger partial charge in [0.1, 0.15) is 0 Å². The van der Waals surface area contributed by atoms with Crippen LogP contribution >= 0.6 is 0 Å². The maximum absolute atomic E-state index is 11.9. The summed E-state index contributed by atoms with van der Waals surface area (Å²) in [6.07, 6.45) is 1.74. The van der Waals surface area contributed by atoms with E-state index in [-0.39, 0.29) is 12.3 Å². The van der Waals surface area contributed by atoms with E-state index in [0.29, 0.717) is 5.56 Å². The molecule has 0 aliphatic heterocycles. The lowest BCUT2D eigenvalue weighted by atomic mass is 10.2. The molecule has 20 heavy (non-hydrogen) atoms. The van der Waals surface area contributed by atoms with E-state index in [0.717, 1.165) is 4.73 Å². The van der Waals surface area contributed by atoms with Gasteiger partial charge in [-0.05, 0) is 18.2 Å². The van der Waals surface area contributed by atoms with Crippen molar-refractivity contribution >= 4 is 11.9 Å². The number of esters is 1. The van der Waals surface area contributed by atoms with E-state index in [1.807, 2.05) is 0 Å². The Bertz CT molecular complexity index is 610. The Kier molecular flexibility index (Phi) is 4.44. The van der Waals surface area contributed by atoms with Gasteiger partial charge in [-0.25, -0.2) is 4.79 Å². The number of carbonyl (C=O) groups excluding carboxylic acids is 2. The van der Waals surface area contributed by atoms with E-state index in [2.05, 4.69) is 0 Å². The quantitative estimate of drug-likeness (QED) is 0.626. The van der Waals surface area contributed by atoms with Gasteiger partial charge in [-0.15, -0.1) is 0 Å². The Hall–Kier alpha value is -2.69. The number of nitrogens with zero attached hydrogens (tertiary/aromatic N) is 1. The van der Waals surface area contributed by atoms with Crippen molar-refractivity contribution in [2.75, 3.05) is 0 Å². The van der Waals surface area contributed by atoms with Gasteiger partial charge < -0.3 is 4.74 Å². The molecule has 2 aromatic rings. The van der Waals surface area contributed by atoms with Crippen LogP contribution in [0.5, 0.6) is 5.88 Å². The summed E-state index contributed by atoms with van der Waals surface area (Å²) in [5.41, 5.74) is 0.414. The van der Waals surface area contributed by atoms with Crippen LogP contribution in [0.3, 0.4) is 0 Å². The van der Waals surface area contributed by atoms with Crippen LogP contribution in [0.4, 0.5) is 0 Å². The van der Waals surface area contributed by atoms with Gasteiger partial charge in [-0.1, -0.05) is 25.1 Å². The van der Waals surface area contributed by atoms with Gasteiger partial charge in [-0.2, -0.15) is 4.84 Å². The number of hydrogen-bond donors (Lipinski definition) is 0. The van der Waals surface area contributed by atoms with Crippen molar-refractivity contribution < 1.29 is 23.9 Å². The summed E-state index contributed by atoms with van der Waals surface area (Å²) in [5.74, 6) is -0.778. The van der Waals surface area contributed by atoms with E-state index < -0.39 is 11.9 Å². The van der Waals surface area contributed by atoms with E-state index in [4.69, 9.17) is 9.57 Å². The zero-order valence-corrected chi connectivity index (χ0v) is 11.0. The average molecular weight is 272 g/mol. The highest BCUT2D eigenvalue weighted by Gasteiger charge is 2.21. The first-order valence-corrected chi connectivity index (χ1v) is 6.20. The predicted octanol–water partition coefficient (Wildman–Crippen LogP) is 1.56. The largest absolute Gasteiger partial charge is 0.425 e. The second kappa shape index (κ2) is 6.47. The van der Waals surface area contributed by atoms with Crippen LogP contribution < -0.4 is 14.3 Å². The molecule has 0 fully saturated rings. The van der Waals surface area contributed by atoms with Gasteiger partial charge in [-0.3, -0.25) is 4.79 Å². The molecule has 0 atom stereocenters. The molecule has 0 N–H and O–H groups in total. The minimum absolute atomic E-state index is 0.156. The molecule has 0 aliphatic rings. The molecule has 2 rings (SSSR count). The maximum atomic E-state index is 11.9. The molecule has 1 aromatic heterocycles. The molecule has 5 nitrogen and oxygen atoms in total. The summed E-state index contributed by atoms with van der Waals surface area (Å²) in [7, 11) is 0. The fourth-order valence-corrected chi connectivity index (χ4v) is 1.47. The third kappa shape index (κ3) is 3.41. The fourth-order valence-electron chi connectivity index (χ4n) is 1.47. The van der Waals surface area contributed by atoms with Crippen molar-refractivity contribution in [2.24, 2.45) is 0 Å². The standard InChI is InChI=1S/C15H14NO4/c1-2-14(17)19-13-10-6-7-11-16(13)20-15(18)12-8-4-3-5-9-12/h3-11H,2H2,1H3/q+1. The minimum Gasteiger partial charge on any atom is -0.368 e. The highest BCUT2D eigenvalue weighted by Crippen LogP contribution is 2.04. The van der Waals surface area contributed by atoms with Crippen molar-refractivity contribution in [1.29, 1.82) is 0 Å². The van der Waals surface area contributed by atoms with E-state index in [1.54, 1.807) is 55.5 Å². The van der Waals surface area contributed by atoms with E-state index in [1.165, 1.54) is 6.20 Å². The number of pyridine rings is 1. The Labute approximate surface area is 116 Å². The third-order valence-electron chi connectivity index (χ3n) is 2.49. The van der Waals surface area contributed by atoms with Crippen molar-refractivity contribution in [3.05, 3.63) is 60.3 Å². The van der Waals surface area contributed by atoms with Crippen LogP contribution in [-0.4, -0.2) is 11.9 Å². The van der Waals surface area contributed by atoms with Crippen molar-refractivity contribution in [2.45, 2.75) is 13.3 Å².